The van der Waals surface area contributed by atoms with Crippen LogP contribution >= 0.6 is 0 Å². The fraction of sp³-hybridized carbons (Fsp3) is 0.200. The molecular formula is C20H19N3O6. The predicted octanol–water partition coefficient (Wildman–Crippen LogP) is 1.32. The summed E-state index contributed by atoms with van der Waals surface area (Å²) in [4.78, 5) is 47.6. The fourth-order valence-corrected chi connectivity index (χ4v) is 2.66. The molecule has 0 saturated carbocycles. The van der Waals surface area contributed by atoms with Gasteiger partial charge in [-0.1, -0.05) is 18.2 Å². The first-order chi connectivity index (χ1) is 14.0. The van der Waals surface area contributed by atoms with Gasteiger partial charge in [0.05, 0.1) is 12.1 Å². The van der Waals surface area contributed by atoms with Crippen LogP contribution in [0.1, 0.15) is 16.8 Å². The summed E-state index contributed by atoms with van der Waals surface area (Å²) in [6.45, 7) is -0.534. The van der Waals surface area contributed by atoms with Crippen molar-refractivity contribution >= 4 is 35.1 Å². The van der Waals surface area contributed by atoms with Crippen molar-refractivity contribution in [2.75, 3.05) is 24.3 Å². The molecule has 9 heteroatoms. The molecule has 9 nitrogen and oxygen atoms in total. The van der Waals surface area contributed by atoms with Gasteiger partial charge in [0, 0.05) is 18.3 Å². The van der Waals surface area contributed by atoms with Crippen LogP contribution in [-0.2, 0) is 19.1 Å². The molecule has 1 heterocycles. The van der Waals surface area contributed by atoms with Gasteiger partial charge in [0.25, 0.3) is 17.7 Å². The third-order valence-electron chi connectivity index (χ3n) is 4.06. The van der Waals surface area contributed by atoms with E-state index >= 15 is 0 Å². The van der Waals surface area contributed by atoms with E-state index < -0.39 is 30.5 Å². The molecule has 1 aliphatic heterocycles. The summed E-state index contributed by atoms with van der Waals surface area (Å²) in [5.74, 6) is -1.62. The number of hydrogen-bond acceptors (Lipinski definition) is 6. The summed E-state index contributed by atoms with van der Waals surface area (Å²) in [5, 5.41) is 7.67. The topological polar surface area (TPSA) is 123 Å². The number of amides is 3. The third kappa shape index (κ3) is 5.10. The zero-order chi connectivity index (χ0) is 20.8. The molecule has 0 unspecified atom stereocenters. The molecule has 3 N–H and O–H groups in total. The Hall–Kier alpha value is -3.88. The average molecular weight is 397 g/mol. The number of benzene rings is 2. The minimum atomic E-state index is -1.04. The second-order valence-corrected chi connectivity index (χ2v) is 6.16. The number of ether oxygens (including phenoxy) is 2. The molecule has 0 aromatic heterocycles. The van der Waals surface area contributed by atoms with Gasteiger partial charge in [-0.25, -0.2) is 0 Å². The van der Waals surface area contributed by atoms with E-state index in [4.69, 9.17) is 9.47 Å². The minimum absolute atomic E-state index is 0.292. The quantitative estimate of drug-likeness (QED) is 0.632. The normalized spacial score (nSPS) is 14.7. The van der Waals surface area contributed by atoms with E-state index in [2.05, 4.69) is 16.0 Å². The van der Waals surface area contributed by atoms with Crippen molar-refractivity contribution in [3.63, 3.8) is 0 Å². The number of esters is 1. The van der Waals surface area contributed by atoms with Crippen molar-refractivity contribution < 1.29 is 28.7 Å². The van der Waals surface area contributed by atoms with Crippen molar-refractivity contribution in [2.24, 2.45) is 0 Å². The lowest BCUT2D eigenvalue weighted by atomic mass is 10.1. The Balaban J connectivity index is 1.49. The molecular weight excluding hydrogens is 378 g/mol. The van der Waals surface area contributed by atoms with Crippen molar-refractivity contribution in [3.05, 3.63) is 54.1 Å². The lowest BCUT2D eigenvalue weighted by Gasteiger charge is -2.25. The molecule has 150 valence electrons. The number of carbonyl (C=O) groups is 4. The first kappa shape index (κ1) is 19.9. The number of fused-ring (bicyclic) bond motifs is 1. The number of para-hydroxylation sites is 2. The van der Waals surface area contributed by atoms with Crippen molar-refractivity contribution in [3.8, 4) is 5.75 Å². The van der Waals surface area contributed by atoms with Crippen molar-refractivity contribution in [2.45, 2.75) is 12.5 Å². The smallest absolute Gasteiger partial charge is 0.310 e. The highest BCUT2D eigenvalue weighted by Gasteiger charge is 2.30. The van der Waals surface area contributed by atoms with Gasteiger partial charge in [0.2, 0.25) is 0 Å². The maximum Gasteiger partial charge on any atom is 0.310 e. The molecule has 3 amide bonds. The lowest BCUT2D eigenvalue weighted by Crippen LogP contribution is -2.39. The summed E-state index contributed by atoms with van der Waals surface area (Å²) >= 11 is 0. The molecule has 3 rings (SSSR count). The first-order valence-electron chi connectivity index (χ1n) is 8.80. The number of carbonyl (C=O) groups excluding carboxylic acids is 4. The van der Waals surface area contributed by atoms with Crippen LogP contribution in [0.2, 0.25) is 0 Å². The van der Waals surface area contributed by atoms with Gasteiger partial charge < -0.3 is 25.4 Å². The maximum atomic E-state index is 12.0. The zero-order valence-electron chi connectivity index (χ0n) is 15.6. The molecule has 0 fully saturated rings. The largest absolute Gasteiger partial charge is 0.478 e. The van der Waals surface area contributed by atoms with Gasteiger partial charge in [0.1, 0.15) is 5.75 Å². The molecule has 0 spiro atoms. The van der Waals surface area contributed by atoms with Crippen LogP contribution in [0.15, 0.2) is 48.5 Å². The summed E-state index contributed by atoms with van der Waals surface area (Å²) in [7, 11) is 1.50. The molecule has 0 aliphatic carbocycles. The number of hydrogen-bond donors (Lipinski definition) is 3. The Morgan fingerprint density at radius 1 is 1.14 bits per heavy atom. The second kappa shape index (κ2) is 8.87. The van der Waals surface area contributed by atoms with E-state index in [9.17, 15) is 19.2 Å². The Labute approximate surface area is 166 Å². The number of rotatable bonds is 6. The van der Waals surface area contributed by atoms with Crippen molar-refractivity contribution in [1.29, 1.82) is 0 Å². The van der Waals surface area contributed by atoms with Gasteiger partial charge in [-0.2, -0.15) is 0 Å². The summed E-state index contributed by atoms with van der Waals surface area (Å²) in [5.41, 5.74) is 1.29. The minimum Gasteiger partial charge on any atom is -0.478 e. The molecule has 29 heavy (non-hydrogen) atoms. The van der Waals surface area contributed by atoms with Crippen LogP contribution in [-0.4, -0.2) is 43.4 Å². The van der Waals surface area contributed by atoms with E-state index in [1.807, 2.05) is 0 Å². The van der Waals surface area contributed by atoms with Crippen LogP contribution in [0, 0.1) is 0 Å². The van der Waals surface area contributed by atoms with E-state index in [1.165, 1.54) is 13.1 Å². The molecule has 2 aromatic carbocycles. The highest BCUT2D eigenvalue weighted by molar-refractivity contribution is 6.00. The number of anilines is 2. The van der Waals surface area contributed by atoms with E-state index in [0.717, 1.165) is 0 Å². The summed E-state index contributed by atoms with van der Waals surface area (Å²) in [6.07, 6.45) is -1.37. The number of nitrogens with one attached hydrogen (secondary N) is 3. The predicted molar refractivity (Wildman–Crippen MR) is 104 cm³/mol. The summed E-state index contributed by atoms with van der Waals surface area (Å²) < 4.78 is 10.4. The molecule has 0 saturated heterocycles. The van der Waals surface area contributed by atoms with E-state index in [0.29, 0.717) is 22.7 Å². The molecule has 0 bridgehead atoms. The molecule has 0 radical (unpaired) electrons. The van der Waals surface area contributed by atoms with Crippen LogP contribution in [0.4, 0.5) is 11.4 Å². The standard InChI is InChI=1S/C20H19N3O6/c1-21-19(26)12-5-4-6-13(9-12)22-17(24)11-28-18(25)10-16-20(27)23-14-7-2-3-8-15(14)29-16/h2-9,16H,10-11H2,1H3,(H,21,26)(H,22,24)(H,23,27)/t16-/m0/s1. The second-order valence-electron chi connectivity index (χ2n) is 6.16. The van der Waals surface area contributed by atoms with Gasteiger partial charge in [-0.3, -0.25) is 19.2 Å². The van der Waals surface area contributed by atoms with Crippen LogP contribution in [0.25, 0.3) is 0 Å². The van der Waals surface area contributed by atoms with Gasteiger partial charge >= 0.3 is 5.97 Å². The monoisotopic (exact) mass is 397 g/mol. The fourth-order valence-electron chi connectivity index (χ4n) is 2.66. The van der Waals surface area contributed by atoms with Crippen LogP contribution < -0.4 is 20.7 Å². The van der Waals surface area contributed by atoms with Crippen LogP contribution in [0.5, 0.6) is 5.75 Å². The third-order valence-corrected chi connectivity index (χ3v) is 4.06. The van der Waals surface area contributed by atoms with Gasteiger partial charge in [-0.15, -0.1) is 0 Å². The molecule has 2 aromatic rings. The van der Waals surface area contributed by atoms with E-state index in [1.54, 1.807) is 42.5 Å². The van der Waals surface area contributed by atoms with Gasteiger partial charge in [-0.05, 0) is 30.3 Å². The summed E-state index contributed by atoms with van der Waals surface area (Å²) in [6, 6.07) is 13.2. The Kier molecular flexibility index (Phi) is 6.08. The highest BCUT2D eigenvalue weighted by atomic mass is 16.5. The van der Waals surface area contributed by atoms with Crippen LogP contribution in [0.3, 0.4) is 0 Å². The molecule has 1 aliphatic rings. The van der Waals surface area contributed by atoms with Crippen molar-refractivity contribution in [1.82, 2.24) is 5.32 Å². The van der Waals surface area contributed by atoms with E-state index in [-0.39, 0.29) is 12.3 Å². The first-order valence-corrected chi connectivity index (χ1v) is 8.80. The molecule has 1 atom stereocenters. The lowest BCUT2D eigenvalue weighted by molar-refractivity contribution is -0.150. The Bertz CT molecular complexity index is 959. The Morgan fingerprint density at radius 2 is 1.93 bits per heavy atom. The highest BCUT2D eigenvalue weighted by Crippen LogP contribution is 2.29. The average Bonchev–Trinajstić information content (AvgIpc) is 2.72. The van der Waals surface area contributed by atoms with Gasteiger partial charge in [0.15, 0.2) is 12.7 Å². The SMILES string of the molecule is CNC(=O)c1cccc(NC(=O)COC(=O)C[C@@H]2Oc3ccccc3NC2=O)c1. The maximum absolute atomic E-state index is 12.0. The Morgan fingerprint density at radius 3 is 2.72 bits per heavy atom. The zero-order valence-corrected chi connectivity index (χ0v) is 15.6.